The summed E-state index contributed by atoms with van der Waals surface area (Å²) in [5.41, 5.74) is 0. The minimum Gasteiger partial charge on any atom is -0.550 e. The van der Waals surface area contributed by atoms with Crippen LogP contribution in [-0.2, 0) is 4.79 Å². The third-order valence-electron chi connectivity index (χ3n) is 3.73. The lowest BCUT2D eigenvalue weighted by Crippen LogP contribution is -2.74. The Labute approximate surface area is 132 Å². The standard InChI is InChI=1S/C16H32O2.C2H7N/c1-3-5-6-7-8-9-10-11-12-13-14-15(4-2)16(17)18;1-3-2/h15H,3-14H2,1-2H3,(H,17,18);3H,1-2H3. The Balaban J connectivity index is 0. The number of carbonyl (C=O) groups excluding carboxylic acids is 1. The predicted molar refractivity (Wildman–Crippen MR) is 89.0 cm³/mol. The van der Waals surface area contributed by atoms with Gasteiger partial charge >= 0.3 is 0 Å². The van der Waals surface area contributed by atoms with E-state index in [1.165, 1.54) is 57.8 Å². The minimum absolute atomic E-state index is 0.223. The van der Waals surface area contributed by atoms with Gasteiger partial charge in [0.25, 0.3) is 0 Å². The van der Waals surface area contributed by atoms with Gasteiger partial charge in [-0.05, 0) is 18.8 Å². The van der Waals surface area contributed by atoms with E-state index in [9.17, 15) is 9.90 Å². The number of carboxylic acids is 1. The number of quaternary nitrogens is 1. The van der Waals surface area contributed by atoms with Gasteiger partial charge in [0.05, 0.1) is 14.1 Å². The molecule has 0 aromatic rings. The summed E-state index contributed by atoms with van der Waals surface area (Å²) in [5.74, 6) is -1.09. The van der Waals surface area contributed by atoms with Crippen LogP contribution in [0.1, 0.15) is 90.9 Å². The molecule has 128 valence electrons. The topological polar surface area (TPSA) is 56.7 Å². The molecule has 0 rings (SSSR count). The Morgan fingerprint density at radius 3 is 1.57 bits per heavy atom. The van der Waals surface area contributed by atoms with Gasteiger partial charge in [-0.25, -0.2) is 0 Å². The van der Waals surface area contributed by atoms with E-state index in [2.05, 4.69) is 6.92 Å². The van der Waals surface area contributed by atoms with E-state index >= 15 is 0 Å². The van der Waals surface area contributed by atoms with Crippen molar-refractivity contribution in [1.82, 2.24) is 0 Å². The summed E-state index contributed by atoms with van der Waals surface area (Å²) in [6.45, 7) is 4.17. The number of carboxylic acid groups (broad SMARTS) is 1. The molecule has 2 N–H and O–H groups in total. The van der Waals surface area contributed by atoms with Crippen LogP contribution in [-0.4, -0.2) is 20.1 Å². The van der Waals surface area contributed by atoms with Crippen molar-refractivity contribution < 1.29 is 15.2 Å². The maximum Gasteiger partial charge on any atom is 0.0647 e. The van der Waals surface area contributed by atoms with Gasteiger partial charge in [-0.1, -0.05) is 78.1 Å². The quantitative estimate of drug-likeness (QED) is 0.532. The van der Waals surface area contributed by atoms with Crippen LogP contribution in [0.2, 0.25) is 0 Å². The molecule has 0 radical (unpaired) electrons. The molecule has 0 aliphatic heterocycles. The normalized spacial score (nSPS) is 11.6. The van der Waals surface area contributed by atoms with Crippen LogP contribution in [0.5, 0.6) is 0 Å². The van der Waals surface area contributed by atoms with Crippen molar-refractivity contribution in [2.24, 2.45) is 5.92 Å². The summed E-state index contributed by atoms with van der Waals surface area (Å²) in [6.07, 6.45) is 14.5. The van der Waals surface area contributed by atoms with Crippen LogP contribution in [0.4, 0.5) is 0 Å². The van der Waals surface area contributed by atoms with Gasteiger partial charge in [-0.15, -0.1) is 0 Å². The Bertz CT molecular complexity index is 207. The highest BCUT2D eigenvalue weighted by molar-refractivity contribution is 5.67. The third kappa shape index (κ3) is 19.4. The smallest absolute Gasteiger partial charge is 0.0647 e. The average molecular weight is 302 g/mol. The first-order valence-corrected chi connectivity index (χ1v) is 9.08. The van der Waals surface area contributed by atoms with E-state index < -0.39 is 5.97 Å². The van der Waals surface area contributed by atoms with Gasteiger partial charge in [-0.3, -0.25) is 0 Å². The van der Waals surface area contributed by atoms with Crippen molar-refractivity contribution in [3.8, 4) is 0 Å². The largest absolute Gasteiger partial charge is 0.550 e. The molecule has 0 spiro atoms. The van der Waals surface area contributed by atoms with Crippen molar-refractivity contribution in [2.45, 2.75) is 90.9 Å². The van der Waals surface area contributed by atoms with Crippen molar-refractivity contribution in [3.63, 3.8) is 0 Å². The summed E-state index contributed by atoms with van der Waals surface area (Å²) >= 11 is 0. The lowest BCUT2D eigenvalue weighted by molar-refractivity contribution is -0.597. The number of nitrogens with two attached hydrogens (primary N) is 1. The molecule has 0 bridgehead atoms. The van der Waals surface area contributed by atoms with Crippen LogP contribution < -0.4 is 10.4 Å². The molecular weight excluding hydrogens is 262 g/mol. The molecule has 0 aliphatic carbocycles. The average Bonchev–Trinajstić information content (AvgIpc) is 2.45. The highest BCUT2D eigenvalue weighted by Gasteiger charge is 2.06. The van der Waals surface area contributed by atoms with Crippen molar-refractivity contribution in [3.05, 3.63) is 0 Å². The van der Waals surface area contributed by atoms with E-state index in [0.717, 1.165) is 12.8 Å². The van der Waals surface area contributed by atoms with Crippen LogP contribution in [0.15, 0.2) is 0 Å². The van der Waals surface area contributed by atoms with E-state index in [0.29, 0.717) is 6.42 Å². The van der Waals surface area contributed by atoms with Gasteiger partial charge < -0.3 is 15.2 Å². The highest BCUT2D eigenvalue weighted by Crippen LogP contribution is 2.15. The fourth-order valence-corrected chi connectivity index (χ4v) is 2.37. The third-order valence-corrected chi connectivity index (χ3v) is 3.73. The summed E-state index contributed by atoms with van der Waals surface area (Å²) in [6, 6.07) is 0. The first-order chi connectivity index (χ1) is 10.1. The van der Waals surface area contributed by atoms with E-state index in [1.807, 2.05) is 26.3 Å². The second kappa shape index (κ2) is 19.4. The minimum atomic E-state index is -0.867. The molecule has 0 fully saturated rings. The maximum absolute atomic E-state index is 10.7. The molecular formula is C18H39NO2. The molecule has 0 aromatic heterocycles. The van der Waals surface area contributed by atoms with E-state index in [1.54, 1.807) is 0 Å². The summed E-state index contributed by atoms with van der Waals surface area (Å²) in [4.78, 5) is 10.7. The molecule has 0 saturated carbocycles. The van der Waals surface area contributed by atoms with Crippen molar-refractivity contribution in [2.75, 3.05) is 14.1 Å². The number of rotatable bonds is 13. The van der Waals surface area contributed by atoms with Crippen molar-refractivity contribution in [1.29, 1.82) is 0 Å². The molecule has 1 unspecified atom stereocenters. The molecule has 0 heterocycles. The summed E-state index contributed by atoms with van der Waals surface area (Å²) in [7, 11) is 4.00. The zero-order chi connectivity index (χ0) is 16.3. The Kier molecular flexibility index (Phi) is 21.0. The maximum atomic E-state index is 10.7. The molecule has 21 heavy (non-hydrogen) atoms. The molecule has 0 aliphatic rings. The number of hydrogen-bond donors (Lipinski definition) is 1. The van der Waals surface area contributed by atoms with Crippen LogP contribution in [0, 0.1) is 5.92 Å². The first kappa shape index (κ1) is 22.7. The number of unbranched alkanes of at least 4 members (excludes halogenated alkanes) is 9. The van der Waals surface area contributed by atoms with Gasteiger partial charge in [0.15, 0.2) is 0 Å². The van der Waals surface area contributed by atoms with E-state index in [4.69, 9.17) is 0 Å². The first-order valence-electron chi connectivity index (χ1n) is 9.08. The molecule has 1 atom stereocenters. The molecule has 0 saturated heterocycles. The number of aliphatic carboxylic acids is 1. The van der Waals surface area contributed by atoms with Gasteiger partial charge in [0.1, 0.15) is 0 Å². The Morgan fingerprint density at radius 2 is 1.24 bits per heavy atom. The van der Waals surface area contributed by atoms with Crippen LogP contribution in [0.3, 0.4) is 0 Å². The fraction of sp³-hybridized carbons (Fsp3) is 0.944. The number of carbonyl (C=O) groups is 1. The van der Waals surface area contributed by atoms with Crippen LogP contribution in [0.25, 0.3) is 0 Å². The second-order valence-corrected chi connectivity index (χ2v) is 5.97. The Morgan fingerprint density at radius 1 is 0.857 bits per heavy atom. The lowest BCUT2D eigenvalue weighted by atomic mass is 9.98. The summed E-state index contributed by atoms with van der Waals surface area (Å²) in [5, 5.41) is 12.7. The molecule has 0 aromatic carbocycles. The number of hydrogen-bond acceptors (Lipinski definition) is 2. The highest BCUT2D eigenvalue weighted by atomic mass is 16.4. The van der Waals surface area contributed by atoms with E-state index in [-0.39, 0.29) is 5.92 Å². The molecule has 3 nitrogen and oxygen atoms in total. The fourth-order valence-electron chi connectivity index (χ4n) is 2.37. The van der Waals surface area contributed by atoms with Crippen LogP contribution >= 0.6 is 0 Å². The van der Waals surface area contributed by atoms with Gasteiger partial charge in [0, 0.05) is 5.97 Å². The zero-order valence-electron chi connectivity index (χ0n) is 15.0. The monoisotopic (exact) mass is 301 g/mol. The lowest BCUT2D eigenvalue weighted by Gasteiger charge is -2.15. The van der Waals surface area contributed by atoms with Gasteiger partial charge in [0.2, 0.25) is 0 Å². The zero-order valence-corrected chi connectivity index (χ0v) is 15.0. The SMILES string of the molecule is CCCCCCCCCCCCC(CC)C(=O)[O-].C[NH2+]C. The summed E-state index contributed by atoms with van der Waals surface area (Å²) < 4.78 is 0. The van der Waals surface area contributed by atoms with Gasteiger partial charge in [-0.2, -0.15) is 0 Å². The predicted octanol–water partition coefficient (Wildman–Crippen LogP) is 2.88. The molecule has 0 amide bonds. The second-order valence-electron chi connectivity index (χ2n) is 5.97. The Hall–Kier alpha value is -0.570. The van der Waals surface area contributed by atoms with Crippen molar-refractivity contribution >= 4 is 5.97 Å². The molecule has 3 heteroatoms.